The Hall–Kier alpha value is -2.14. The Labute approximate surface area is 115 Å². The molecule has 5 nitrogen and oxygen atoms in total. The molecule has 98 valence electrons. The Balaban J connectivity index is 1.90. The average Bonchev–Trinajstić information content (AvgIpc) is 2.38. The van der Waals surface area contributed by atoms with E-state index in [0.717, 1.165) is 5.56 Å². The molecule has 0 atom stereocenters. The SMILES string of the molecule is Nc1ccccc1CCC(=O)Nc1cc(Cl)ncn1. The standard InChI is InChI=1S/C13H13ClN4O/c14-11-7-12(17-8-16-11)18-13(19)6-5-9-3-1-2-4-10(9)15/h1-4,7-8H,5-6,15H2,(H,16,17,18,19). The molecule has 0 aliphatic carbocycles. The second kappa shape index (κ2) is 6.15. The minimum atomic E-state index is -0.141. The number of nitrogens with one attached hydrogen (secondary N) is 1. The second-order valence-corrected chi connectivity index (χ2v) is 4.36. The van der Waals surface area contributed by atoms with Crippen molar-refractivity contribution < 1.29 is 4.79 Å². The monoisotopic (exact) mass is 276 g/mol. The molecule has 2 aromatic rings. The van der Waals surface area contributed by atoms with Gasteiger partial charge < -0.3 is 11.1 Å². The number of hydrogen-bond donors (Lipinski definition) is 2. The van der Waals surface area contributed by atoms with Crippen molar-refractivity contribution in [1.29, 1.82) is 0 Å². The van der Waals surface area contributed by atoms with Crippen LogP contribution in [-0.4, -0.2) is 15.9 Å². The van der Waals surface area contributed by atoms with Crippen LogP contribution in [0.15, 0.2) is 36.7 Å². The highest BCUT2D eigenvalue weighted by Crippen LogP contribution is 2.13. The lowest BCUT2D eigenvalue weighted by Gasteiger charge is -2.06. The van der Waals surface area contributed by atoms with Gasteiger partial charge in [-0.1, -0.05) is 29.8 Å². The topological polar surface area (TPSA) is 80.9 Å². The molecule has 0 fully saturated rings. The van der Waals surface area contributed by atoms with Gasteiger partial charge in [0.1, 0.15) is 17.3 Å². The van der Waals surface area contributed by atoms with Gasteiger partial charge in [0.2, 0.25) is 5.91 Å². The lowest BCUT2D eigenvalue weighted by Crippen LogP contribution is -2.13. The number of amides is 1. The van der Waals surface area contributed by atoms with Crippen LogP contribution < -0.4 is 11.1 Å². The third kappa shape index (κ3) is 3.93. The lowest BCUT2D eigenvalue weighted by molar-refractivity contribution is -0.116. The van der Waals surface area contributed by atoms with Crippen LogP contribution in [0.1, 0.15) is 12.0 Å². The van der Waals surface area contributed by atoms with Crippen LogP contribution in [0.2, 0.25) is 5.15 Å². The number of hydrogen-bond acceptors (Lipinski definition) is 4. The zero-order valence-electron chi connectivity index (χ0n) is 10.1. The smallest absolute Gasteiger partial charge is 0.225 e. The van der Waals surface area contributed by atoms with Crippen molar-refractivity contribution in [3.05, 3.63) is 47.4 Å². The molecule has 1 amide bonds. The molecule has 0 saturated heterocycles. The van der Waals surface area contributed by atoms with Gasteiger partial charge in [0.05, 0.1) is 0 Å². The van der Waals surface area contributed by atoms with Crippen LogP contribution in [0, 0.1) is 0 Å². The summed E-state index contributed by atoms with van der Waals surface area (Å²) in [6.07, 6.45) is 2.21. The number of aryl methyl sites for hydroxylation is 1. The molecule has 6 heteroatoms. The third-order valence-electron chi connectivity index (χ3n) is 2.58. The lowest BCUT2D eigenvalue weighted by atomic mass is 10.1. The number of aromatic nitrogens is 2. The Morgan fingerprint density at radius 3 is 2.84 bits per heavy atom. The number of halogens is 1. The van der Waals surface area contributed by atoms with Crippen molar-refractivity contribution in [1.82, 2.24) is 9.97 Å². The summed E-state index contributed by atoms with van der Waals surface area (Å²) in [6.45, 7) is 0. The van der Waals surface area contributed by atoms with Gasteiger partial charge in [-0.15, -0.1) is 0 Å². The number of nitrogens with zero attached hydrogens (tertiary/aromatic N) is 2. The first-order valence-corrected chi connectivity index (χ1v) is 6.14. The Morgan fingerprint density at radius 1 is 1.32 bits per heavy atom. The van der Waals surface area contributed by atoms with E-state index in [4.69, 9.17) is 17.3 Å². The quantitative estimate of drug-likeness (QED) is 0.663. The summed E-state index contributed by atoms with van der Waals surface area (Å²) in [7, 11) is 0. The van der Waals surface area contributed by atoms with Gasteiger partial charge >= 0.3 is 0 Å². The van der Waals surface area contributed by atoms with Gasteiger partial charge in [-0.05, 0) is 18.1 Å². The molecule has 0 unspecified atom stereocenters. The number of nitrogens with two attached hydrogens (primary N) is 1. The van der Waals surface area contributed by atoms with Crippen LogP contribution in [-0.2, 0) is 11.2 Å². The molecule has 2 rings (SSSR count). The van der Waals surface area contributed by atoms with E-state index in [1.54, 1.807) is 0 Å². The van der Waals surface area contributed by atoms with Crippen molar-refractivity contribution in [3.63, 3.8) is 0 Å². The fourth-order valence-electron chi connectivity index (χ4n) is 1.62. The van der Waals surface area contributed by atoms with Crippen molar-refractivity contribution in [2.24, 2.45) is 0 Å². The number of carbonyl (C=O) groups excluding carboxylic acids is 1. The van der Waals surface area contributed by atoms with Gasteiger partial charge in [0.25, 0.3) is 0 Å². The number of nitrogen functional groups attached to an aromatic ring is 1. The normalized spacial score (nSPS) is 10.2. The zero-order chi connectivity index (χ0) is 13.7. The highest BCUT2D eigenvalue weighted by atomic mass is 35.5. The first-order chi connectivity index (χ1) is 9.15. The third-order valence-corrected chi connectivity index (χ3v) is 2.78. The van der Waals surface area contributed by atoms with E-state index in [9.17, 15) is 4.79 Å². The summed E-state index contributed by atoms with van der Waals surface area (Å²) >= 11 is 5.70. The zero-order valence-corrected chi connectivity index (χ0v) is 10.9. The number of para-hydroxylation sites is 1. The molecule has 0 aliphatic heterocycles. The van der Waals surface area contributed by atoms with Gasteiger partial charge in [-0.3, -0.25) is 4.79 Å². The van der Waals surface area contributed by atoms with E-state index in [-0.39, 0.29) is 11.1 Å². The van der Waals surface area contributed by atoms with E-state index < -0.39 is 0 Å². The fourth-order valence-corrected chi connectivity index (χ4v) is 1.76. The molecule has 3 N–H and O–H groups in total. The van der Waals surface area contributed by atoms with E-state index in [0.29, 0.717) is 24.3 Å². The van der Waals surface area contributed by atoms with Crippen LogP contribution in [0.25, 0.3) is 0 Å². The highest BCUT2D eigenvalue weighted by molar-refractivity contribution is 6.29. The summed E-state index contributed by atoms with van der Waals surface area (Å²) in [6, 6.07) is 8.98. The number of rotatable bonds is 4. The molecule has 1 heterocycles. The minimum absolute atomic E-state index is 0.141. The second-order valence-electron chi connectivity index (χ2n) is 3.97. The van der Waals surface area contributed by atoms with Crippen LogP contribution in [0.4, 0.5) is 11.5 Å². The largest absolute Gasteiger partial charge is 0.399 e. The molecule has 0 aliphatic rings. The molecular formula is C13H13ClN4O. The number of benzene rings is 1. The van der Waals surface area contributed by atoms with Crippen molar-refractivity contribution in [3.8, 4) is 0 Å². The maximum atomic E-state index is 11.8. The van der Waals surface area contributed by atoms with Crippen LogP contribution >= 0.6 is 11.6 Å². The van der Waals surface area contributed by atoms with E-state index in [1.807, 2.05) is 24.3 Å². The Kier molecular flexibility index (Phi) is 4.30. The molecule has 0 saturated carbocycles. The van der Waals surface area contributed by atoms with Gasteiger partial charge in [0, 0.05) is 18.2 Å². The van der Waals surface area contributed by atoms with E-state index in [1.165, 1.54) is 12.4 Å². The average molecular weight is 277 g/mol. The maximum absolute atomic E-state index is 11.8. The van der Waals surface area contributed by atoms with Crippen LogP contribution in [0.5, 0.6) is 0 Å². The first kappa shape index (κ1) is 13.3. The van der Waals surface area contributed by atoms with E-state index >= 15 is 0 Å². The van der Waals surface area contributed by atoms with Gasteiger partial charge in [-0.25, -0.2) is 9.97 Å². The molecule has 0 spiro atoms. The van der Waals surface area contributed by atoms with Crippen molar-refractivity contribution in [2.45, 2.75) is 12.8 Å². The molecule has 1 aromatic carbocycles. The number of anilines is 2. The summed E-state index contributed by atoms with van der Waals surface area (Å²) in [5.74, 6) is 0.254. The predicted octanol–water partition coefficient (Wildman–Crippen LogP) is 2.28. The van der Waals surface area contributed by atoms with E-state index in [2.05, 4.69) is 15.3 Å². The van der Waals surface area contributed by atoms with Crippen LogP contribution in [0.3, 0.4) is 0 Å². The first-order valence-electron chi connectivity index (χ1n) is 5.76. The minimum Gasteiger partial charge on any atom is -0.399 e. The molecule has 19 heavy (non-hydrogen) atoms. The summed E-state index contributed by atoms with van der Waals surface area (Å²) in [5.41, 5.74) is 7.46. The fraction of sp³-hybridized carbons (Fsp3) is 0.154. The molecule has 1 aromatic heterocycles. The Bertz CT molecular complexity index is 588. The van der Waals surface area contributed by atoms with Crippen molar-refractivity contribution >= 4 is 29.0 Å². The van der Waals surface area contributed by atoms with Gasteiger partial charge in [0.15, 0.2) is 0 Å². The van der Waals surface area contributed by atoms with Crippen molar-refractivity contribution in [2.75, 3.05) is 11.1 Å². The summed E-state index contributed by atoms with van der Waals surface area (Å²) in [4.78, 5) is 19.4. The van der Waals surface area contributed by atoms with Gasteiger partial charge in [-0.2, -0.15) is 0 Å². The summed E-state index contributed by atoms with van der Waals surface area (Å²) in [5, 5.41) is 2.95. The molecule has 0 bridgehead atoms. The maximum Gasteiger partial charge on any atom is 0.225 e. The summed E-state index contributed by atoms with van der Waals surface area (Å²) < 4.78 is 0. The number of carbonyl (C=O) groups is 1. The molecular weight excluding hydrogens is 264 g/mol. The Morgan fingerprint density at radius 2 is 2.11 bits per heavy atom. The highest BCUT2D eigenvalue weighted by Gasteiger charge is 2.06. The molecule has 0 radical (unpaired) electrons. The predicted molar refractivity (Wildman–Crippen MR) is 74.8 cm³/mol.